The zero-order valence-electron chi connectivity index (χ0n) is 10.1. The third-order valence-electron chi connectivity index (χ3n) is 2.44. The predicted octanol–water partition coefficient (Wildman–Crippen LogP) is 3.29. The maximum absolute atomic E-state index is 12.9. The van der Waals surface area contributed by atoms with Crippen molar-refractivity contribution in [3.63, 3.8) is 0 Å². The van der Waals surface area contributed by atoms with Gasteiger partial charge in [-0.2, -0.15) is 13.2 Å². The van der Waals surface area contributed by atoms with Crippen molar-refractivity contribution in [3.05, 3.63) is 22.2 Å². The second-order valence-electron chi connectivity index (χ2n) is 3.47. The molecule has 1 rings (SSSR count). The van der Waals surface area contributed by atoms with Crippen LogP contribution in [0.25, 0.3) is 0 Å². The summed E-state index contributed by atoms with van der Waals surface area (Å²) in [5, 5.41) is 2.23. The van der Waals surface area contributed by atoms with Crippen LogP contribution in [0.15, 0.2) is 16.6 Å². The van der Waals surface area contributed by atoms with E-state index in [0.29, 0.717) is 10.2 Å². The summed E-state index contributed by atoms with van der Waals surface area (Å²) in [7, 11) is 3.99. The first-order valence-corrected chi connectivity index (χ1v) is 5.80. The Balaban J connectivity index is 3.36. The molecule has 1 atom stereocenters. The van der Waals surface area contributed by atoms with Crippen LogP contribution in [0.2, 0.25) is 0 Å². The standard InChI is InChI=1S/C11H13BrF3NO2/c1-16-10(11(13,14)15)6-4-5-7(17-2)8(12)9(6)18-3/h4-5,10,16H,1-3H3. The van der Waals surface area contributed by atoms with E-state index < -0.39 is 12.2 Å². The Hall–Kier alpha value is -0.950. The summed E-state index contributed by atoms with van der Waals surface area (Å²) in [6.07, 6.45) is -4.41. The summed E-state index contributed by atoms with van der Waals surface area (Å²) in [5.74, 6) is 0.513. The average molecular weight is 328 g/mol. The molecule has 1 aromatic rings. The van der Waals surface area contributed by atoms with Crippen LogP contribution in [0.3, 0.4) is 0 Å². The molecule has 0 spiro atoms. The smallest absolute Gasteiger partial charge is 0.408 e. The largest absolute Gasteiger partial charge is 0.495 e. The molecule has 102 valence electrons. The maximum Gasteiger partial charge on any atom is 0.408 e. The molecule has 0 aliphatic rings. The second kappa shape index (κ2) is 5.79. The van der Waals surface area contributed by atoms with E-state index in [1.807, 2.05) is 0 Å². The van der Waals surface area contributed by atoms with Crippen molar-refractivity contribution in [2.75, 3.05) is 21.3 Å². The van der Waals surface area contributed by atoms with Crippen molar-refractivity contribution in [1.82, 2.24) is 5.32 Å². The lowest BCUT2D eigenvalue weighted by atomic mass is 10.1. The van der Waals surface area contributed by atoms with Gasteiger partial charge in [0.15, 0.2) is 0 Å². The molecular weight excluding hydrogens is 315 g/mol. The lowest BCUT2D eigenvalue weighted by molar-refractivity contribution is -0.156. The number of ether oxygens (including phenoxy) is 2. The fourth-order valence-corrected chi connectivity index (χ4v) is 2.33. The molecule has 0 saturated heterocycles. The first-order valence-electron chi connectivity index (χ1n) is 5.01. The molecule has 0 radical (unpaired) electrons. The van der Waals surface area contributed by atoms with Crippen molar-refractivity contribution >= 4 is 15.9 Å². The number of alkyl halides is 3. The summed E-state index contributed by atoms with van der Waals surface area (Å²) in [4.78, 5) is 0. The number of hydrogen-bond acceptors (Lipinski definition) is 3. The molecule has 7 heteroatoms. The summed E-state index contributed by atoms with van der Waals surface area (Å²) >= 11 is 3.17. The van der Waals surface area contributed by atoms with Gasteiger partial charge in [-0.15, -0.1) is 0 Å². The van der Waals surface area contributed by atoms with Gasteiger partial charge in [0.1, 0.15) is 22.0 Å². The summed E-state index contributed by atoms with van der Waals surface area (Å²) in [5.41, 5.74) is 0.000162. The molecule has 0 heterocycles. The molecule has 3 nitrogen and oxygen atoms in total. The van der Waals surface area contributed by atoms with Gasteiger partial charge >= 0.3 is 6.18 Å². The zero-order valence-corrected chi connectivity index (χ0v) is 11.6. The third-order valence-corrected chi connectivity index (χ3v) is 3.19. The lowest BCUT2D eigenvalue weighted by Gasteiger charge is -2.23. The minimum absolute atomic E-state index is 0.000162. The van der Waals surface area contributed by atoms with E-state index in [1.54, 1.807) is 0 Å². The van der Waals surface area contributed by atoms with Crippen LogP contribution in [0.5, 0.6) is 11.5 Å². The van der Waals surface area contributed by atoms with Gasteiger partial charge in [0.25, 0.3) is 0 Å². The van der Waals surface area contributed by atoms with Crippen molar-refractivity contribution < 1.29 is 22.6 Å². The fourth-order valence-electron chi connectivity index (χ4n) is 1.64. The van der Waals surface area contributed by atoms with E-state index in [1.165, 1.54) is 33.4 Å². The van der Waals surface area contributed by atoms with E-state index in [4.69, 9.17) is 9.47 Å². The monoisotopic (exact) mass is 327 g/mol. The molecule has 0 aliphatic carbocycles. The van der Waals surface area contributed by atoms with Crippen LogP contribution in [0.1, 0.15) is 11.6 Å². The number of halogens is 4. The number of nitrogens with one attached hydrogen (secondary N) is 1. The van der Waals surface area contributed by atoms with Crippen molar-refractivity contribution in [2.45, 2.75) is 12.2 Å². The Morgan fingerprint density at radius 3 is 2.22 bits per heavy atom. The Morgan fingerprint density at radius 2 is 1.83 bits per heavy atom. The minimum atomic E-state index is -4.41. The highest BCUT2D eigenvalue weighted by Crippen LogP contribution is 2.43. The van der Waals surface area contributed by atoms with Gasteiger partial charge in [-0.3, -0.25) is 0 Å². The minimum Gasteiger partial charge on any atom is -0.495 e. The van der Waals surface area contributed by atoms with Crippen LogP contribution in [-0.2, 0) is 0 Å². The molecule has 1 N–H and O–H groups in total. The molecule has 0 amide bonds. The van der Waals surface area contributed by atoms with Gasteiger partial charge < -0.3 is 14.8 Å². The molecule has 1 aromatic carbocycles. The highest BCUT2D eigenvalue weighted by atomic mass is 79.9. The highest BCUT2D eigenvalue weighted by molar-refractivity contribution is 9.10. The van der Waals surface area contributed by atoms with Gasteiger partial charge in [0.2, 0.25) is 0 Å². The van der Waals surface area contributed by atoms with Crippen LogP contribution in [0, 0.1) is 0 Å². The molecule has 18 heavy (non-hydrogen) atoms. The molecule has 0 aliphatic heterocycles. The Kier molecular flexibility index (Phi) is 4.86. The van der Waals surface area contributed by atoms with E-state index in [9.17, 15) is 13.2 Å². The average Bonchev–Trinajstić information content (AvgIpc) is 2.28. The van der Waals surface area contributed by atoms with Crippen LogP contribution in [-0.4, -0.2) is 27.4 Å². The quantitative estimate of drug-likeness (QED) is 0.920. The molecule has 0 aromatic heterocycles. The Morgan fingerprint density at radius 1 is 1.22 bits per heavy atom. The summed E-state index contributed by atoms with van der Waals surface area (Å²) in [6, 6.07) is 0.990. The van der Waals surface area contributed by atoms with Crippen molar-refractivity contribution in [1.29, 1.82) is 0 Å². The van der Waals surface area contributed by atoms with Crippen molar-refractivity contribution in [2.24, 2.45) is 0 Å². The van der Waals surface area contributed by atoms with E-state index in [2.05, 4.69) is 21.2 Å². The molecule has 0 saturated carbocycles. The van der Waals surface area contributed by atoms with E-state index in [0.717, 1.165) is 0 Å². The molecule has 0 bridgehead atoms. The van der Waals surface area contributed by atoms with Crippen LogP contribution in [0.4, 0.5) is 13.2 Å². The fraction of sp³-hybridized carbons (Fsp3) is 0.455. The van der Waals surface area contributed by atoms with E-state index in [-0.39, 0.29) is 11.3 Å². The first kappa shape index (κ1) is 15.1. The van der Waals surface area contributed by atoms with Gasteiger partial charge in [0, 0.05) is 5.56 Å². The number of hydrogen-bond donors (Lipinski definition) is 1. The van der Waals surface area contributed by atoms with Gasteiger partial charge in [-0.1, -0.05) is 0 Å². The molecule has 0 fully saturated rings. The Labute approximate surface area is 111 Å². The zero-order chi connectivity index (χ0) is 13.9. The molecule has 1 unspecified atom stereocenters. The van der Waals surface area contributed by atoms with Gasteiger partial charge in [-0.25, -0.2) is 0 Å². The van der Waals surface area contributed by atoms with E-state index >= 15 is 0 Å². The number of rotatable bonds is 4. The van der Waals surface area contributed by atoms with Gasteiger partial charge in [0.05, 0.1) is 14.2 Å². The second-order valence-corrected chi connectivity index (χ2v) is 4.26. The maximum atomic E-state index is 12.9. The summed E-state index contributed by atoms with van der Waals surface area (Å²) < 4.78 is 49.0. The van der Waals surface area contributed by atoms with Gasteiger partial charge in [-0.05, 0) is 35.1 Å². The molecular formula is C11H13BrF3NO2. The SMILES string of the molecule is CNC(c1ccc(OC)c(Br)c1OC)C(F)(F)F. The topological polar surface area (TPSA) is 30.5 Å². The number of benzene rings is 1. The first-order chi connectivity index (χ1) is 8.36. The number of methoxy groups -OCH3 is 2. The normalized spacial score (nSPS) is 13.3. The third kappa shape index (κ3) is 2.89. The van der Waals surface area contributed by atoms with Crippen LogP contribution >= 0.6 is 15.9 Å². The summed E-state index contributed by atoms with van der Waals surface area (Å²) in [6.45, 7) is 0. The van der Waals surface area contributed by atoms with Crippen LogP contribution < -0.4 is 14.8 Å². The van der Waals surface area contributed by atoms with Crippen molar-refractivity contribution in [3.8, 4) is 11.5 Å². The predicted molar refractivity (Wildman–Crippen MR) is 65.1 cm³/mol. The highest BCUT2D eigenvalue weighted by Gasteiger charge is 2.41. The lowest BCUT2D eigenvalue weighted by Crippen LogP contribution is -2.32. The Bertz CT molecular complexity index is 423.